The van der Waals surface area contributed by atoms with Crippen molar-refractivity contribution in [1.82, 2.24) is 14.7 Å². The number of rotatable bonds is 3. The Kier molecular flexibility index (Phi) is 2.96. The standard InChI is InChI=1S/C11H18N4O/c1-3-14-6-5-9(13-14)11-8(12)7-10(16)15(11)4-2/h5-6,8,11H,3-4,7,12H2,1-2H3. The van der Waals surface area contributed by atoms with Crippen molar-refractivity contribution < 1.29 is 4.79 Å². The largest absolute Gasteiger partial charge is 0.333 e. The SMILES string of the molecule is CCN1C(=O)CC(N)C1c1ccn(CC)n1. The van der Waals surface area contributed by atoms with Crippen LogP contribution in [0.1, 0.15) is 32.0 Å². The van der Waals surface area contributed by atoms with Crippen LogP contribution in [-0.2, 0) is 11.3 Å². The second-order valence-electron chi connectivity index (χ2n) is 4.09. The summed E-state index contributed by atoms with van der Waals surface area (Å²) in [6.45, 7) is 5.53. The average molecular weight is 222 g/mol. The lowest BCUT2D eigenvalue weighted by Gasteiger charge is -2.23. The summed E-state index contributed by atoms with van der Waals surface area (Å²) >= 11 is 0. The minimum absolute atomic E-state index is 0.0506. The molecule has 1 fully saturated rings. The topological polar surface area (TPSA) is 64.2 Å². The van der Waals surface area contributed by atoms with Crippen molar-refractivity contribution in [2.24, 2.45) is 5.73 Å². The Balaban J connectivity index is 2.27. The summed E-state index contributed by atoms with van der Waals surface area (Å²) < 4.78 is 1.86. The highest BCUT2D eigenvalue weighted by Crippen LogP contribution is 2.30. The lowest BCUT2D eigenvalue weighted by Crippen LogP contribution is -2.33. The molecule has 2 unspecified atom stereocenters. The Labute approximate surface area is 95.2 Å². The Morgan fingerprint density at radius 3 is 2.81 bits per heavy atom. The van der Waals surface area contributed by atoms with Gasteiger partial charge in [0.05, 0.1) is 11.7 Å². The minimum atomic E-state index is -0.132. The van der Waals surface area contributed by atoms with Gasteiger partial charge in [0.25, 0.3) is 0 Å². The summed E-state index contributed by atoms with van der Waals surface area (Å²) in [5, 5.41) is 4.44. The lowest BCUT2D eigenvalue weighted by molar-refractivity contribution is -0.128. The molecule has 1 amide bonds. The summed E-state index contributed by atoms with van der Waals surface area (Å²) in [6, 6.07) is 1.77. The van der Waals surface area contributed by atoms with Crippen LogP contribution in [0.3, 0.4) is 0 Å². The van der Waals surface area contributed by atoms with Gasteiger partial charge < -0.3 is 10.6 Å². The van der Waals surface area contributed by atoms with Crippen LogP contribution in [0.25, 0.3) is 0 Å². The first-order chi connectivity index (χ1) is 7.67. The number of likely N-dealkylation sites (N-methyl/N-ethyl adjacent to an activating group) is 1. The molecule has 2 N–H and O–H groups in total. The first-order valence-electron chi connectivity index (χ1n) is 5.75. The molecule has 1 aliphatic heterocycles. The van der Waals surface area contributed by atoms with Gasteiger partial charge >= 0.3 is 0 Å². The summed E-state index contributed by atoms with van der Waals surface area (Å²) in [6.07, 6.45) is 2.36. The fourth-order valence-electron chi connectivity index (χ4n) is 2.28. The highest BCUT2D eigenvalue weighted by atomic mass is 16.2. The van der Waals surface area contributed by atoms with Gasteiger partial charge in [0, 0.05) is 31.7 Å². The summed E-state index contributed by atoms with van der Waals surface area (Å²) in [5.41, 5.74) is 6.91. The van der Waals surface area contributed by atoms with Gasteiger partial charge in [0.15, 0.2) is 0 Å². The zero-order chi connectivity index (χ0) is 11.7. The number of aromatic nitrogens is 2. The van der Waals surface area contributed by atoms with Crippen molar-refractivity contribution in [1.29, 1.82) is 0 Å². The first kappa shape index (κ1) is 11.1. The van der Waals surface area contributed by atoms with E-state index in [4.69, 9.17) is 5.73 Å². The highest BCUT2D eigenvalue weighted by molar-refractivity contribution is 5.80. The number of likely N-dealkylation sites (tertiary alicyclic amines) is 1. The van der Waals surface area contributed by atoms with Crippen LogP contribution in [0.5, 0.6) is 0 Å². The molecule has 0 radical (unpaired) electrons. The molecule has 0 spiro atoms. The third-order valence-electron chi connectivity index (χ3n) is 3.10. The monoisotopic (exact) mass is 222 g/mol. The van der Waals surface area contributed by atoms with Crippen molar-refractivity contribution in [2.75, 3.05) is 6.54 Å². The highest BCUT2D eigenvalue weighted by Gasteiger charge is 2.38. The van der Waals surface area contributed by atoms with Crippen molar-refractivity contribution in [3.8, 4) is 0 Å². The number of nitrogens with two attached hydrogens (primary N) is 1. The second-order valence-corrected chi connectivity index (χ2v) is 4.09. The molecular formula is C11H18N4O. The molecule has 0 saturated carbocycles. The Morgan fingerprint density at radius 2 is 2.25 bits per heavy atom. The van der Waals surface area contributed by atoms with Gasteiger partial charge in [-0.25, -0.2) is 0 Å². The number of hydrogen-bond acceptors (Lipinski definition) is 3. The lowest BCUT2D eigenvalue weighted by atomic mass is 10.1. The number of carbonyl (C=O) groups excluding carboxylic acids is 1. The van der Waals surface area contributed by atoms with Gasteiger partial charge in [-0.3, -0.25) is 9.48 Å². The van der Waals surface area contributed by atoms with E-state index in [-0.39, 0.29) is 18.0 Å². The van der Waals surface area contributed by atoms with Crippen LogP contribution < -0.4 is 5.73 Å². The van der Waals surface area contributed by atoms with E-state index in [1.54, 1.807) is 0 Å². The number of nitrogens with zero attached hydrogens (tertiary/aromatic N) is 3. The van der Waals surface area contributed by atoms with Gasteiger partial charge in [-0.1, -0.05) is 0 Å². The minimum Gasteiger partial charge on any atom is -0.333 e. The molecule has 1 aromatic rings. The molecular weight excluding hydrogens is 204 g/mol. The second kappa shape index (κ2) is 4.25. The zero-order valence-electron chi connectivity index (χ0n) is 9.76. The molecule has 0 aromatic carbocycles. The van der Waals surface area contributed by atoms with Gasteiger partial charge in [0.2, 0.25) is 5.91 Å². The summed E-state index contributed by atoms with van der Waals surface area (Å²) in [5.74, 6) is 0.131. The Bertz CT molecular complexity index is 387. The quantitative estimate of drug-likeness (QED) is 0.811. The maximum absolute atomic E-state index is 11.7. The van der Waals surface area contributed by atoms with Gasteiger partial charge in [-0.15, -0.1) is 0 Å². The van der Waals surface area contributed by atoms with Crippen molar-refractivity contribution in [2.45, 2.75) is 38.9 Å². The van der Waals surface area contributed by atoms with Crippen LogP contribution in [-0.4, -0.2) is 33.2 Å². The molecule has 1 aliphatic rings. The zero-order valence-corrected chi connectivity index (χ0v) is 9.76. The maximum Gasteiger partial charge on any atom is 0.224 e. The van der Waals surface area contributed by atoms with E-state index in [1.165, 1.54) is 0 Å². The Hall–Kier alpha value is -1.36. The third kappa shape index (κ3) is 1.71. The van der Waals surface area contributed by atoms with Crippen LogP contribution in [0, 0.1) is 0 Å². The summed E-state index contributed by atoms with van der Waals surface area (Å²) in [4.78, 5) is 13.5. The van der Waals surface area contributed by atoms with E-state index in [2.05, 4.69) is 5.10 Å². The van der Waals surface area contributed by atoms with E-state index in [9.17, 15) is 4.79 Å². The molecule has 1 saturated heterocycles. The van der Waals surface area contributed by atoms with Gasteiger partial charge in [-0.05, 0) is 19.9 Å². The molecule has 16 heavy (non-hydrogen) atoms. The average Bonchev–Trinajstić information content (AvgIpc) is 2.82. The summed E-state index contributed by atoms with van der Waals surface area (Å²) in [7, 11) is 0. The molecule has 1 aromatic heterocycles. The molecule has 2 atom stereocenters. The van der Waals surface area contributed by atoms with Gasteiger partial charge in [0.1, 0.15) is 0 Å². The van der Waals surface area contributed by atoms with Crippen molar-refractivity contribution in [3.05, 3.63) is 18.0 Å². The maximum atomic E-state index is 11.7. The van der Waals surface area contributed by atoms with Crippen molar-refractivity contribution in [3.63, 3.8) is 0 Å². The Morgan fingerprint density at radius 1 is 1.50 bits per heavy atom. The van der Waals surface area contributed by atoms with Crippen LogP contribution in [0.2, 0.25) is 0 Å². The molecule has 2 heterocycles. The van der Waals surface area contributed by atoms with E-state index >= 15 is 0 Å². The number of carbonyl (C=O) groups is 1. The van der Waals surface area contributed by atoms with Gasteiger partial charge in [-0.2, -0.15) is 5.10 Å². The van der Waals surface area contributed by atoms with Crippen LogP contribution >= 0.6 is 0 Å². The van der Waals surface area contributed by atoms with Crippen LogP contribution in [0.15, 0.2) is 12.3 Å². The number of aryl methyl sites for hydroxylation is 1. The molecule has 5 nitrogen and oxygen atoms in total. The van der Waals surface area contributed by atoms with E-state index in [1.807, 2.05) is 35.7 Å². The molecule has 0 bridgehead atoms. The normalized spacial score (nSPS) is 25.4. The number of amides is 1. The smallest absolute Gasteiger partial charge is 0.224 e. The molecule has 88 valence electrons. The predicted octanol–water partition coefficient (Wildman–Crippen LogP) is 0.524. The predicted molar refractivity (Wildman–Crippen MR) is 60.6 cm³/mol. The van der Waals surface area contributed by atoms with E-state index in [0.29, 0.717) is 13.0 Å². The number of hydrogen-bond donors (Lipinski definition) is 1. The van der Waals surface area contributed by atoms with E-state index < -0.39 is 0 Å². The molecule has 0 aliphatic carbocycles. The fourth-order valence-corrected chi connectivity index (χ4v) is 2.28. The first-order valence-corrected chi connectivity index (χ1v) is 5.75. The fraction of sp³-hybridized carbons (Fsp3) is 0.636. The molecule has 2 rings (SSSR count). The van der Waals surface area contributed by atoms with Crippen LogP contribution in [0.4, 0.5) is 0 Å². The van der Waals surface area contributed by atoms with Crippen molar-refractivity contribution >= 4 is 5.91 Å². The third-order valence-corrected chi connectivity index (χ3v) is 3.10. The van der Waals surface area contributed by atoms with E-state index in [0.717, 1.165) is 12.2 Å². The molecule has 5 heteroatoms.